The Bertz CT molecular complexity index is 1230. The van der Waals surface area contributed by atoms with Crippen LogP contribution >= 0.6 is 0 Å². The lowest BCUT2D eigenvalue weighted by atomic mass is 10.0. The number of esters is 1. The average molecular weight is 548 g/mol. The summed E-state index contributed by atoms with van der Waals surface area (Å²) in [6, 6.07) is 9.87. The number of sulfonamides is 1. The lowest BCUT2D eigenvalue weighted by Gasteiger charge is -2.33. The lowest BCUT2D eigenvalue weighted by molar-refractivity contribution is -0.162. The van der Waals surface area contributed by atoms with E-state index in [1.54, 1.807) is 59.1 Å². The van der Waals surface area contributed by atoms with Crippen LogP contribution in [0.15, 0.2) is 53.4 Å². The summed E-state index contributed by atoms with van der Waals surface area (Å²) in [5, 5.41) is 2.76. The van der Waals surface area contributed by atoms with Gasteiger partial charge in [0.15, 0.2) is 0 Å². The topological polar surface area (TPSA) is 122 Å². The zero-order valence-electron chi connectivity index (χ0n) is 23.1. The normalized spacial score (nSPS) is 13.3. The number of hydrogen-bond acceptors (Lipinski definition) is 8. The van der Waals surface area contributed by atoms with Crippen LogP contribution in [0.3, 0.4) is 0 Å². The maximum absolute atomic E-state index is 13.9. The summed E-state index contributed by atoms with van der Waals surface area (Å²) in [6.45, 7) is 8.30. The molecule has 0 spiro atoms. The third-order valence-electron chi connectivity index (χ3n) is 5.48. The van der Waals surface area contributed by atoms with Crippen molar-refractivity contribution in [3.63, 3.8) is 0 Å². The zero-order valence-corrected chi connectivity index (χ0v) is 24.0. The molecule has 0 unspecified atom stereocenters. The number of nitrogens with one attached hydrogen (secondary N) is 1. The number of hydrogen-bond donors (Lipinski definition) is 1. The summed E-state index contributed by atoms with van der Waals surface area (Å²) in [4.78, 5) is 40.0. The fourth-order valence-corrected chi connectivity index (χ4v) is 4.92. The summed E-state index contributed by atoms with van der Waals surface area (Å²) in [5.41, 5.74) is 0.431. The monoisotopic (exact) mass is 547 g/mol. The van der Waals surface area contributed by atoms with Crippen molar-refractivity contribution >= 4 is 28.0 Å². The predicted octanol–water partition coefficient (Wildman–Crippen LogP) is 3.13. The Morgan fingerprint density at radius 3 is 2.00 bits per heavy atom. The van der Waals surface area contributed by atoms with Crippen molar-refractivity contribution in [3.05, 3.63) is 59.7 Å². The minimum Gasteiger partial charge on any atom is -0.458 e. The first-order chi connectivity index (χ1) is 17.6. The molecule has 0 heterocycles. The Hall–Kier alpha value is -3.44. The molecule has 0 fully saturated rings. The van der Waals surface area contributed by atoms with Gasteiger partial charge in [-0.3, -0.25) is 4.79 Å². The highest BCUT2D eigenvalue weighted by Crippen LogP contribution is 2.25. The van der Waals surface area contributed by atoms with E-state index in [1.165, 1.54) is 43.1 Å². The molecule has 11 heteroatoms. The highest BCUT2D eigenvalue weighted by Gasteiger charge is 2.43. The zero-order chi connectivity index (χ0) is 28.8. The summed E-state index contributed by atoms with van der Waals surface area (Å²) >= 11 is 0. The largest absolute Gasteiger partial charge is 0.458 e. The molecule has 208 valence electrons. The van der Waals surface area contributed by atoms with Gasteiger partial charge in [-0.05, 0) is 71.5 Å². The number of aryl methyl sites for hydroxylation is 1. The SMILES string of the molecule is CN[C@@H](C)C(=O)N([C@@H](Cc1ccc(OC(=O)N(C)C)cc1)C(=O)OC(C)(C)C)S(=O)(=O)c1ccc(C)cc1. The number of amides is 2. The number of likely N-dealkylation sites (N-methyl/N-ethyl adjacent to an activating group) is 1. The van der Waals surface area contributed by atoms with Crippen LogP contribution in [-0.4, -0.2) is 74.4 Å². The second-order valence-electron chi connectivity index (χ2n) is 10.1. The fourth-order valence-electron chi connectivity index (χ4n) is 3.32. The second kappa shape index (κ2) is 12.4. The maximum atomic E-state index is 13.9. The molecule has 10 nitrogen and oxygen atoms in total. The van der Waals surface area contributed by atoms with Crippen LogP contribution in [0.1, 0.15) is 38.8 Å². The molecule has 0 radical (unpaired) electrons. The van der Waals surface area contributed by atoms with Crippen molar-refractivity contribution in [1.82, 2.24) is 14.5 Å². The minimum atomic E-state index is -4.46. The van der Waals surface area contributed by atoms with E-state index in [0.29, 0.717) is 9.87 Å². The number of rotatable bonds is 9. The smallest absolute Gasteiger partial charge is 0.414 e. The Balaban J connectivity index is 2.59. The Labute approximate surface area is 225 Å². The molecule has 2 amide bonds. The third kappa shape index (κ3) is 8.03. The highest BCUT2D eigenvalue weighted by molar-refractivity contribution is 7.89. The van der Waals surface area contributed by atoms with Crippen molar-refractivity contribution in [3.8, 4) is 5.75 Å². The fraction of sp³-hybridized carbons (Fsp3) is 0.444. The van der Waals surface area contributed by atoms with Crippen molar-refractivity contribution in [2.24, 2.45) is 0 Å². The van der Waals surface area contributed by atoms with Crippen molar-refractivity contribution in [2.45, 2.75) is 63.6 Å². The first-order valence-electron chi connectivity index (χ1n) is 12.1. The average Bonchev–Trinajstić information content (AvgIpc) is 2.83. The molecular weight excluding hydrogens is 510 g/mol. The van der Waals surface area contributed by atoms with E-state index >= 15 is 0 Å². The third-order valence-corrected chi connectivity index (χ3v) is 7.30. The van der Waals surface area contributed by atoms with Crippen molar-refractivity contribution in [1.29, 1.82) is 0 Å². The molecule has 2 atom stereocenters. The number of carbonyl (C=O) groups is 3. The van der Waals surface area contributed by atoms with E-state index in [9.17, 15) is 22.8 Å². The van der Waals surface area contributed by atoms with Gasteiger partial charge in [-0.2, -0.15) is 0 Å². The number of nitrogens with zero attached hydrogens (tertiary/aromatic N) is 2. The van der Waals surface area contributed by atoms with E-state index in [-0.39, 0.29) is 17.1 Å². The van der Waals surface area contributed by atoms with Crippen LogP contribution in [0.25, 0.3) is 0 Å². The van der Waals surface area contributed by atoms with Crippen LogP contribution in [0, 0.1) is 6.92 Å². The van der Waals surface area contributed by atoms with Gasteiger partial charge >= 0.3 is 12.1 Å². The van der Waals surface area contributed by atoms with E-state index in [1.807, 2.05) is 6.92 Å². The van der Waals surface area contributed by atoms with Gasteiger partial charge in [0, 0.05) is 20.5 Å². The van der Waals surface area contributed by atoms with Gasteiger partial charge in [0.1, 0.15) is 17.4 Å². The van der Waals surface area contributed by atoms with Crippen LogP contribution in [0.2, 0.25) is 0 Å². The van der Waals surface area contributed by atoms with Gasteiger partial charge in [0.2, 0.25) is 0 Å². The highest BCUT2D eigenvalue weighted by atomic mass is 32.2. The van der Waals surface area contributed by atoms with Gasteiger partial charge in [0.25, 0.3) is 15.9 Å². The van der Waals surface area contributed by atoms with Crippen molar-refractivity contribution < 1.29 is 32.3 Å². The molecule has 38 heavy (non-hydrogen) atoms. The van der Waals surface area contributed by atoms with E-state index in [2.05, 4.69) is 5.32 Å². The van der Waals surface area contributed by atoms with Crippen LogP contribution in [-0.2, 0) is 30.8 Å². The summed E-state index contributed by atoms with van der Waals surface area (Å²) in [5.74, 6) is -1.40. The van der Waals surface area contributed by atoms with Crippen LogP contribution < -0.4 is 10.1 Å². The second-order valence-corrected chi connectivity index (χ2v) is 11.9. The molecule has 2 aromatic rings. The van der Waals surface area contributed by atoms with Crippen LogP contribution in [0.5, 0.6) is 5.75 Å². The molecule has 1 N–H and O–H groups in total. The maximum Gasteiger partial charge on any atom is 0.414 e. The predicted molar refractivity (Wildman–Crippen MR) is 143 cm³/mol. The molecule has 0 aliphatic carbocycles. The molecule has 0 saturated carbocycles. The standard InChI is InChI=1S/C27H37N3O7S/c1-18-9-15-22(16-10-18)38(34,35)30(24(31)19(2)28-6)23(25(32)37-27(3,4)5)17-20-11-13-21(14-12-20)36-26(33)29(7)8/h9-16,19,23,28H,17H2,1-8H3/t19-,23-/m0/s1. The summed E-state index contributed by atoms with van der Waals surface area (Å²) in [6.07, 6.45) is -0.726. The molecule has 0 aromatic heterocycles. The Morgan fingerprint density at radius 1 is 0.974 bits per heavy atom. The molecule has 2 aromatic carbocycles. The molecule has 0 bridgehead atoms. The first kappa shape index (κ1) is 30.8. The quantitative estimate of drug-likeness (QED) is 0.475. The summed E-state index contributed by atoms with van der Waals surface area (Å²) in [7, 11) is 0.166. The lowest BCUT2D eigenvalue weighted by Crippen LogP contribution is -2.55. The van der Waals surface area contributed by atoms with E-state index in [0.717, 1.165) is 5.56 Å². The molecule has 2 rings (SSSR count). The van der Waals surface area contributed by atoms with Gasteiger partial charge < -0.3 is 19.7 Å². The van der Waals surface area contributed by atoms with E-state index < -0.39 is 45.7 Å². The molecular formula is C27H37N3O7S. The number of carbonyl (C=O) groups excluding carboxylic acids is 3. The number of ether oxygens (including phenoxy) is 2. The van der Waals surface area contributed by atoms with Gasteiger partial charge in [-0.25, -0.2) is 22.3 Å². The molecule has 0 saturated heterocycles. The Morgan fingerprint density at radius 2 is 1.53 bits per heavy atom. The summed E-state index contributed by atoms with van der Waals surface area (Å²) < 4.78 is 39.1. The van der Waals surface area contributed by atoms with Crippen LogP contribution in [0.4, 0.5) is 4.79 Å². The van der Waals surface area contributed by atoms with E-state index in [4.69, 9.17) is 9.47 Å². The molecule has 0 aliphatic rings. The number of benzene rings is 2. The van der Waals surface area contributed by atoms with Gasteiger partial charge in [-0.15, -0.1) is 0 Å². The first-order valence-corrected chi connectivity index (χ1v) is 13.5. The molecule has 0 aliphatic heterocycles. The Kier molecular flexibility index (Phi) is 10.0. The van der Waals surface area contributed by atoms with Crippen molar-refractivity contribution in [2.75, 3.05) is 21.1 Å². The minimum absolute atomic E-state index is 0.126. The van der Waals surface area contributed by atoms with Gasteiger partial charge in [0.05, 0.1) is 10.9 Å². The van der Waals surface area contributed by atoms with Gasteiger partial charge in [-0.1, -0.05) is 29.8 Å².